The van der Waals surface area contributed by atoms with Crippen molar-refractivity contribution >= 4 is 16.7 Å². The van der Waals surface area contributed by atoms with Crippen LogP contribution < -0.4 is 0 Å². The summed E-state index contributed by atoms with van der Waals surface area (Å²) in [5, 5.41) is 11.6. The van der Waals surface area contributed by atoms with Crippen LogP contribution in [0.25, 0.3) is 55.5 Å². The number of fused-ring (bicyclic) bond motifs is 1. The van der Waals surface area contributed by atoms with E-state index in [9.17, 15) is 9.90 Å². The van der Waals surface area contributed by atoms with Gasteiger partial charge in [0.15, 0.2) is 0 Å². The van der Waals surface area contributed by atoms with Crippen LogP contribution in [0.5, 0.6) is 0 Å². The number of nitrogens with zero attached hydrogens (tertiary/aromatic N) is 2. The molecule has 45 heavy (non-hydrogen) atoms. The Morgan fingerprint density at radius 3 is 2.04 bits per heavy atom. The van der Waals surface area contributed by atoms with E-state index in [1.54, 1.807) is 12.1 Å². The van der Waals surface area contributed by atoms with Gasteiger partial charge in [0.25, 0.3) is 0 Å². The Labute approximate surface area is 276 Å². The van der Waals surface area contributed by atoms with Gasteiger partial charge < -0.3 is 5.11 Å². The molecule has 0 radical (unpaired) electrons. The number of hydrogen-bond acceptors (Lipinski definition) is 3. The summed E-state index contributed by atoms with van der Waals surface area (Å²) in [5.41, 5.74) is 8.43. The third-order valence-corrected chi connectivity index (χ3v) is 7.14. The van der Waals surface area contributed by atoms with Gasteiger partial charge in [0.2, 0.25) is 0 Å². The molecule has 2 heterocycles. The molecule has 4 nitrogen and oxygen atoms in total. The minimum absolute atomic E-state index is 0. The van der Waals surface area contributed by atoms with Crippen molar-refractivity contribution in [1.29, 1.82) is 0 Å². The van der Waals surface area contributed by atoms with Gasteiger partial charge in [-0.25, -0.2) is 10.4 Å². The van der Waals surface area contributed by atoms with E-state index in [1.165, 1.54) is 5.39 Å². The summed E-state index contributed by atoms with van der Waals surface area (Å²) in [6.07, 6.45) is 1.85. The Kier molecular flexibility index (Phi) is 10.1. The predicted octanol–water partition coefficient (Wildman–Crippen LogP) is 9.39. The monoisotopic (exact) mass is 760 g/mol. The summed E-state index contributed by atoms with van der Waals surface area (Å²) in [6, 6.07) is 53.1. The van der Waals surface area contributed by atoms with Gasteiger partial charge in [-0.15, -0.1) is 59.7 Å². The first-order valence-electron chi connectivity index (χ1n) is 14.2. The Bertz CT molecular complexity index is 2040. The van der Waals surface area contributed by atoms with Crippen molar-refractivity contribution in [3.8, 4) is 44.8 Å². The topological polar surface area (TPSA) is 63.1 Å². The van der Waals surface area contributed by atoms with Crippen LogP contribution in [0.2, 0.25) is 0 Å². The molecule has 0 spiro atoms. The molecule has 0 aliphatic carbocycles. The molecule has 0 atom stereocenters. The first kappa shape index (κ1) is 31.2. The van der Waals surface area contributed by atoms with E-state index < -0.39 is 5.97 Å². The minimum Gasteiger partial charge on any atom is -0.477 e. The molecule has 0 bridgehead atoms. The van der Waals surface area contributed by atoms with Crippen LogP contribution in [0.3, 0.4) is 0 Å². The zero-order chi connectivity index (χ0) is 30.3. The smallest absolute Gasteiger partial charge is 0.477 e. The van der Waals surface area contributed by atoms with Gasteiger partial charge in [0, 0.05) is 11.9 Å². The first-order chi connectivity index (χ1) is 21.5. The molecule has 0 saturated carbocycles. The molecule has 0 saturated heterocycles. The van der Waals surface area contributed by atoms with Crippen LogP contribution in [-0.2, 0) is 20.1 Å². The van der Waals surface area contributed by atoms with Gasteiger partial charge in [-0.2, -0.15) is 42.0 Å². The van der Waals surface area contributed by atoms with Crippen molar-refractivity contribution in [3.05, 3.63) is 169 Å². The predicted molar refractivity (Wildman–Crippen MR) is 176 cm³/mol. The fourth-order valence-electron chi connectivity index (χ4n) is 4.90. The second kappa shape index (κ2) is 14.5. The molecule has 7 rings (SSSR count). The van der Waals surface area contributed by atoms with Gasteiger partial charge >= 0.3 is 26.1 Å². The van der Waals surface area contributed by atoms with Crippen LogP contribution in [0.4, 0.5) is 0 Å². The average molecular weight is 760 g/mol. The molecule has 0 aliphatic heterocycles. The molecule has 5 aromatic carbocycles. The van der Waals surface area contributed by atoms with Crippen molar-refractivity contribution < 1.29 is 30.0 Å². The number of carboxylic acid groups (broad SMARTS) is 1. The molecule has 7 aromatic rings. The number of pyridine rings is 2. The minimum atomic E-state index is -1.04. The Hall–Kier alpha value is -5.22. The zero-order valence-corrected chi connectivity index (χ0v) is 26.8. The van der Waals surface area contributed by atoms with E-state index >= 15 is 0 Å². The normalized spacial score (nSPS) is 10.3. The third kappa shape index (κ3) is 7.47. The fourth-order valence-corrected chi connectivity index (χ4v) is 4.90. The van der Waals surface area contributed by atoms with Gasteiger partial charge in [0.05, 0.1) is 0 Å². The number of hydrogen-bond donors (Lipinski definition) is 1. The van der Waals surface area contributed by atoms with Gasteiger partial charge in [0.1, 0.15) is 5.69 Å². The SMILES string of the molecule is Cc1ccc(-c2cc(C(=O)O)nc(-c3[c-]cccc3)c2)cc1.[Ir+3].[c-]1ccccc1-c1[c-]c(-c2nccc3ccccc23)ccc1. The summed E-state index contributed by atoms with van der Waals surface area (Å²) >= 11 is 0. The van der Waals surface area contributed by atoms with Crippen molar-refractivity contribution in [1.82, 2.24) is 9.97 Å². The van der Waals surface area contributed by atoms with E-state index in [4.69, 9.17) is 0 Å². The van der Waals surface area contributed by atoms with Gasteiger partial charge in [-0.05, 0) is 46.6 Å². The fraction of sp³-hybridized carbons (Fsp3) is 0.0250. The Balaban J connectivity index is 0.000000174. The van der Waals surface area contributed by atoms with E-state index in [2.05, 4.69) is 52.4 Å². The molecule has 0 aliphatic rings. The van der Waals surface area contributed by atoms with Crippen LogP contribution >= 0.6 is 0 Å². The standard InChI is InChI=1S/C21H13N.C19H14NO2.Ir/c1-2-7-16(8-3-1)18-10-6-11-19(15-18)21-20-12-5-4-9-17(20)13-14-22-21;1-13-7-9-14(10-8-13)16-11-17(15-5-3-2-4-6-15)20-18(12-16)19(21)22;/h1-7,9-14H;2-5,7-12H,1H3,(H,21,22);/q-2;-1;+3. The van der Waals surface area contributed by atoms with Crippen molar-refractivity contribution in [2.45, 2.75) is 6.92 Å². The first-order valence-corrected chi connectivity index (χ1v) is 14.2. The average Bonchev–Trinajstić information content (AvgIpc) is 3.09. The quantitative estimate of drug-likeness (QED) is 0.178. The maximum absolute atomic E-state index is 11.3. The summed E-state index contributed by atoms with van der Waals surface area (Å²) in [5.74, 6) is -1.04. The largest absolute Gasteiger partial charge is 3.00 e. The number of carboxylic acids is 1. The molecule has 1 N–H and O–H groups in total. The molecule has 0 unspecified atom stereocenters. The van der Waals surface area contributed by atoms with E-state index in [-0.39, 0.29) is 25.8 Å². The number of benzene rings is 5. The maximum atomic E-state index is 11.3. The van der Waals surface area contributed by atoms with Gasteiger partial charge in [-0.3, -0.25) is 9.97 Å². The molecule has 2 aromatic heterocycles. The number of aryl methyl sites for hydroxylation is 1. The Morgan fingerprint density at radius 2 is 1.33 bits per heavy atom. The molecule has 0 amide bonds. The van der Waals surface area contributed by atoms with E-state index in [0.29, 0.717) is 5.69 Å². The van der Waals surface area contributed by atoms with Crippen LogP contribution in [0.1, 0.15) is 16.1 Å². The van der Waals surface area contributed by atoms with Crippen molar-refractivity contribution in [2.75, 3.05) is 0 Å². The van der Waals surface area contributed by atoms with Crippen molar-refractivity contribution in [3.63, 3.8) is 0 Å². The number of aromatic nitrogens is 2. The molecule has 218 valence electrons. The maximum Gasteiger partial charge on any atom is 3.00 e. The van der Waals surface area contributed by atoms with Crippen LogP contribution in [0, 0.1) is 25.1 Å². The molecule has 0 fully saturated rings. The number of carbonyl (C=O) groups is 1. The second-order valence-corrected chi connectivity index (χ2v) is 10.2. The van der Waals surface area contributed by atoms with E-state index in [0.717, 1.165) is 50.0 Å². The Morgan fingerprint density at radius 1 is 0.667 bits per heavy atom. The summed E-state index contributed by atoms with van der Waals surface area (Å²) in [4.78, 5) is 20.1. The summed E-state index contributed by atoms with van der Waals surface area (Å²) < 4.78 is 0. The summed E-state index contributed by atoms with van der Waals surface area (Å²) in [6.45, 7) is 2.02. The zero-order valence-electron chi connectivity index (χ0n) is 24.4. The third-order valence-electron chi connectivity index (χ3n) is 7.14. The van der Waals surface area contributed by atoms with Crippen LogP contribution in [0.15, 0.2) is 140 Å². The number of rotatable bonds is 5. The van der Waals surface area contributed by atoms with Crippen LogP contribution in [-0.4, -0.2) is 21.0 Å². The molecular formula is C40H27IrN2O2. The second-order valence-electron chi connectivity index (χ2n) is 10.2. The summed E-state index contributed by atoms with van der Waals surface area (Å²) in [7, 11) is 0. The van der Waals surface area contributed by atoms with E-state index in [1.807, 2.05) is 110 Å². The van der Waals surface area contributed by atoms with Crippen molar-refractivity contribution in [2.24, 2.45) is 0 Å². The molecule has 5 heteroatoms. The van der Waals surface area contributed by atoms with Gasteiger partial charge in [-0.1, -0.05) is 60.2 Å². The number of aromatic carboxylic acids is 1. The molecular weight excluding hydrogens is 733 g/mol.